The van der Waals surface area contributed by atoms with Gasteiger partial charge in [-0.3, -0.25) is 0 Å². The first-order valence-electron chi connectivity index (χ1n) is 3.60. The molecule has 2 N–H and O–H groups in total. The predicted octanol–water partition coefficient (Wildman–Crippen LogP) is -0.237. The van der Waals surface area contributed by atoms with Gasteiger partial charge in [-0.05, 0) is 6.92 Å². The largest absolute Gasteiger partial charge is 0.390 e. The van der Waals surface area contributed by atoms with Crippen LogP contribution in [0.5, 0.6) is 0 Å². The third kappa shape index (κ3) is 1.31. The van der Waals surface area contributed by atoms with E-state index < -0.39 is 12.2 Å². The fraction of sp³-hybridized carbons (Fsp3) is 1.00. The lowest BCUT2D eigenvalue weighted by molar-refractivity contribution is -0.153. The molecule has 0 amide bonds. The Morgan fingerprint density at radius 1 is 1.20 bits per heavy atom. The van der Waals surface area contributed by atoms with Gasteiger partial charge in [0.25, 0.3) is 0 Å². The first-order chi connectivity index (χ1) is 4.63. The van der Waals surface area contributed by atoms with E-state index in [1.54, 1.807) is 6.92 Å². The van der Waals surface area contributed by atoms with Crippen LogP contribution in [0.3, 0.4) is 0 Å². The van der Waals surface area contributed by atoms with E-state index in [2.05, 4.69) is 0 Å². The Morgan fingerprint density at radius 2 is 1.80 bits per heavy atom. The topological polar surface area (TPSA) is 49.7 Å². The minimum absolute atomic E-state index is 0.0474. The standard InChI is InChI=1S/C7H14O3/c1-4-3-10-5(2)7(9)6(4)8/h4-9H,3H2,1-2H3/t4-,5-,6+,7?/m1/s1. The highest BCUT2D eigenvalue weighted by atomic mass is 16.5. The average Bonchev–Trinajstić information content (AvgIpc) is 1.93. The van der Waals surface area contributed by atoms with Crippen molar-refractivity contribution in [1.82, 2.24) is 0 Å². The van der Waals surface area contributed by atoms with Gasteiger partial charge in [0.2, 0.25) is 0 Å². The normalized spacial score (nSPS) is 49.2. The zero-order chi connectivity index (χ0) is 7.72. The van der Waals surface area contributed by atoms with Crippen molar-refractivity contribution in [3.8, 4) is 0 Å². The second kappa shape index (κ2) is 2.86. The number of rotatable bonds is 0. The van der Waals surface area contributed by atoms with Gasteiger partial charge in [0.05, 0.1) is 18.8 Å². The van der Waals surface area contributed by atoms with Crippen molar-refractivity contribution < 1.29 is 14.9 Å². The van der Waals surface area contributed by atoms with Crippen molar-refractivity contribution in [2.75, 3.05) is 6.61 Å². The number of aliphatic hydroxyl groups is 2. The summed E-state index contributed by atoms with van der Waals surface area (Å²) < 4.78 is 5.16. The van der Waals surface area contributed by atoms with Crippen LogP contribution < -0.4 is 0 Å². The lowest BCUT2D eigenvalue weighted by Gasteiger charge is -2.34. The highest BCUT2D eigenvalue weighted by Crippen LogP contribution is 2.18. The molecule has 0 aromatic heterocycles. The van der Waals surface area contributed by atoms with Gasteiger partial charge >= 0.3 is 0 Å². The minimum Gasteiger partial charge on any atom is -0.390 e. The molecular weight excluding hydrogens is 132 g/mol. The molecule has 1 aliphatic heterocycles. The van der Waals surface area contributed by atoms with E-state index in [9.17, 15) is 10.2 Å². The van der Waals surface area contributed by atoms with Crippen molar-refractivity contribution in [3.05, 3.63) is 0 Å². The molecule has 3 heteroatoms. The van der Waals surface area contributed by atoms with E-state index in [1.165, 1.54) is 0 Å². The van der Waals surface area contributed by atoms with Crippen LogP contribution in [0.1, 0.15) is 13.8 Å². The maximum absolute atomic E-state index is 9.29. The predicted molar refractivity (Wildman–Crippen MR) is 36.6 cm³/mol. The van der Waals surface area contributed by atoms with E-state index in [0.717, 1.165) is 0 Å². The molecule has 4 atom stereocenters. The Kier molecular flexibility index (Phi) is 2.28. The van der Waals surface area contributed by atoms with Gasteiger partial charge < -0.3 is 14.9 Å². The third-order valence-corrected chi connectivity index (χ3v) is 2.04. The van der Waals surface area contributed by atoms with Gasteiger partial charge in [-0.1, -0.05) is 6.92 Å². The van der Waals surface area contributed by atoms with Crippen molar-refractivity contribution in [1.29, 1.82) is 0 Å². The summed E-state index contributed by atoms with van der Waals surface area (Å²) in [4.78, 5) is 0. The molecule has 0 aliphatic carbocycles. The van der Waals surface area contributed by atoms with Crippen LogP contribution in [0.15, 0.2) is 0 Å². The molecule has 10 heavy (non-hydrogen) atoms. The fourth-order valence-electron chi connectivity index (χ4n) is 1.12. The lowest BCUT2D eigenvalue weighted by Crippen LogP contribution is -2.47. The number of hydrogen-bond acceptors (Lipinski definition) is 3. The van der Waals surface area contributed by atoms with Crippen LogP contribution in [0, 0.1) is 5.92 Å². The van der Waals surface area contributed by atoms with E-state index >= 15 is 0 Å². The quantitative estimate of drug-likeness (QED) is 0.496. The molecule has 1 rings (SSSR count). The van der Waals surface area contributed by atoms with Gasteiger partial charge in [0.15, 0.2) is 0 Å². The third-order valence-electron chi connectivity index (χ3n) is 2.04. The summed E-state index contributed by atoms with van der Waals surface area (Å²) in [5.41, 5.74) is 0. The van der Waals surface area contributed by atoms with Gasteiger partial charge in [0, 0.05) is 5.92 Å². The lowest BCUT2D eigenvalue weighted by atomic mass is 9.95. The number of hydrogen-bond donors (Lipinski definition) is 2. The van der Waals surface area contributed by atoms with Gasteiger partial charge in [-0.15, -0.1) is 0 Å². The molecule has 0 saturated carbocycles. The highest BCUT2D eigenvalue weighted by Gasteiger charge is 2.33. The second-order valence-corrected chi connectivity index (χ2v) is 3.00. The number of aliphatic hydroxyl groups excluding tert-OH is 2. The van der Waals surface area contributed by atoms with E-state index in [4.69, 9.17) is 4.74 Å². The van der Waals surface area contributed by atoms with Crippen LogP contribution in [-0.4, -0.2) is 35.1 Å². The Labute approximate surface area is 60.6 Å². The monoisotopic (exact) mass is 146 g/mol. The zero-order valence-corrected chi connectivity index (χ0v) is 6.32. The van der Waals surface area contributed by atoms with Crippen molar-refractivity contribution in [2.24, 2.45) is 5.92 Å². The number of ether oxygens (including phenoxy) is 1. The van der Waals surface area contributed by atoms with Gasteiger partial charge in [-0.2, -0.15) is 0 Å². The summed E-state index contributed by atoms with van der Waals surface area (Å²) in [6, 6.07) is 0. The molecule has 1 saturated heterocycles. The Balaban J connectivity index is 2.52. The minimum atomic E-state index is -0.719. The van der Waals surface area contributed by atoms with Crippen molar-refractivity contribution in [3.63, 3.8) is 0 Å². The maximum Gasteiger partial charge on any atom is 0.106 e. The molecule has 1 fully saturated rings. The molecule has 1 unspecified atom stereocenters. The first-order valence-corrected chi connectivity index (χ1v) is 3.60. The summed E-state index contributed by atoms with van der Waals surface area (Å²) >= 11 is 0. The summed E-state index contributed by atoms with van der Waals surface area (Å²) in [6.45, 7) is 4.17. The summed E-state index contributed by atoms with van der Waals surface area (Å²) in [7, 11) is 0. The molecule has 1 heterocycles. The van der Waals surface area contributed by atoms with Gasteiger partial charge in [0.1, 0.15) is 6.10 Å². The van der Waals surface area contributed by atoms with Crippen LogP contribution in [0.25, 0.3) is 0 Å². The Morgan fingerprint density at radius 3 is 2.30 bits per heavy atom. The first kappa shape index (κ1) is 7.98. The Hall–Kier alpha value is -0.120. The van der Waals surface area contributed by atoms with E-state index in [0.29, 0.717) is 6.61 Å². The van der Waals surface area contributed by atoms with Crippen LogP contribution in [-0.2, 0) is 4.74 Å². The van der Waals surface area contributed by atoms with E-state index in [1.807, 2.05) is 6.92 Å². The van der Waals surface area contributed by atoms with Crippen LogP contribution >= 0.6 is 0 Å². The maximum atomic E-state index is 9.29. The Bertz CT molecular complexity index is 101. The fourth-order valence-corrected chi connectivity index (χ4v) is 1.12. The molecule has 0 bridgehead atoms. The zero-order valence-electron chi connectivity index (χ0n) is 6.32. The van der Waals surface area contributed by atoms with Crippen LogP contribution in [0.2, 0.25) is 0 Å². The molecule has 1 aliphatic rings. The molecule has 60 valence electrons. The summed E-state index contributed by atoms with van der Waals surface area (Å²) in [5, 5.41) is 18.5. The SMILES string of the molecule is C[C@@H]1CO[C@H](C)C(O)[C@H]1O. The van der Waals surface area contributed by atoms with Crippen molar-refractivity contribution in [2.45, 2.75) is 32.2 Å². The molecule has 0 aromatic rings. The highest BCUT2D eigenvalue weighted by molar-refractivity contribution is 4.81. The van der Waals surface area contributed by atoms with Gasteiger partial charge in [-0.25, -0.2) is 0 Å². The summed E-state index contributed by atoms with van der Waals surface area (Å²) in [5.74, 6) is 0.0474. The van der Waals surface area contributed by atoms with Crippen molar-refractivity contribution >= 4 is 0 Å². The van der Waals surface area contributed by atoms with E-state index in [-0.39, 0.29) is 12.0 Å². The molecule has 0 aromatic carbocycles. The smallest absolute Gasteiger partial charge is 0.106 e. The summed E-state index contributed by atoms with van der Waals surface area (Å²) in [6.07, 6.45) is -1.57. The molecule has 3 nitrogen and oxygen atoms in total. The molecular formula is C7H14O3. The molecule has 0 spiro atoms. The molecule has 0 radical (unpaired) electrons. The second-order valence-electron chi connectivity index (χ2n) is 3.00. The average molecular weight is 146 g/mol. The van der Waals surface area contributed by atoms with Crippen LogP contribution in [0.4, 0.5) is 0 Å².